The third-order valence-corrected chi connectivity index (χ3v) is 2.57. The Morgan fingerprint density at radius 3 is 2.15 bits per heavy atom. The number of carboxylic acid groups (broad SMARTS) is 1. The fourth-order valence-corrected chi connectivity index (χ4v) is 1.49. The maximum Gasteiger partial charge on any atom is 0.327 e. The van der Waals surface area contributed by atoms with Gasteiger partial charge in [-0.1, -0.05) is 18.2 Å². The molecule has 1 aromatic rings. The summed E-state index contributed by atoms with van der Waals surface area (Å²) in [4.78, 5) is 20.5. The summed E-state index contributed by atoms with van der Waals surface area (Å²) in [6, 6.07) is 5.70. The normalized spacial score (nSPS) is 10.8. The summed E-state index contributed by atoms with van der Waals surface area (Å²) in [5, 5.41) is 10.8. The number of rotatable bonds is 4. The summed E-state index contributed by atoms with van der Waals surface area (Å²) < 4.78 is 4.66. The molecular weight excluding hydrogens is 260 g/mol. The summed E-state index contributed by atoms with van der Waals surface area (Å²) in [6.45, 7) is 5.54. The molecule has 0 saturated heterocycles. The van der Waals surface area contributed by atoms with Gasteiger partial charge in [0.1, 0.15) is 6.04 Å². The summed E-state index contributed by atoms with van der Waals surface area (Å²) in [5.74, 6) is -1.22. The predicted molar refractivity (Wildman–Crippen MR) is 77.7 cm³/mol. The van der Waals surface area contributed by atoms with Crippen LogP contribution >= 0.6 is 0 Å². The van der Waals surface area contributed by atoms with E-state index < -0.39 is 5.97 Å². The van der Waals surface area contributed by atoms with Gasteiger partial charge < -0.3 is 20.9 Å². The first kappa shape index (κ1) is 17.9. The lowest BCUT2D eigenvalue weighted by Crippen LogP contribution is -2.27. The third kappa shape index (κ3) is 6.19. The lowest BCUT2D eigenvalue weighted by atomic mass is 10.1. The van der Waals surface area contributed by atoms with Crippen molar-refractivity contribution in [2.45, 2.75) is 26.8 Å². The minimum Gasteiger partial charge on any atom is -0.480 e. The van der Waals surface area contributed by atoms with Crippen molar-refractivity contribution in [3.8, 4) is 0 Å². The second kappa shape index (κ2) is 8.92. The van der Waals surface area contributed by atoms with Crippen molar-refractivity contribution in [3.63, 3.8) is 0 Å². The lowest BCUT2D eigenvalue weighted by molar-refractivity contribution is -0.141. The fourth-order valence-electron chi connectivity index (χ4n) is 1.49. The minimum atomic E-state index is -0.968. The van der Waals surface area contributed by atoms with Crippen LogP contribution in [0, 0.1) is 13.8 Å². The van der Waals surface area contributed by atoms with Gasteiger partial charge in [0.15, 0.2) is 0 Å². The molecular formula is C14H22N2O4. The number of benzene rings is 1. The molecule has 20 heavy (non-hydrogen) atoms. The summed E-state index contributed by atoms with van der Waals surface area (Å²) in [5.41, 5.74) is 7.84. The van der Waals surface area contributed by atoms with E-state index >= 15 is 0 Å². The van der Waals surface area contributed by atoms with Gasteiger partial charge in [0.05, 0.1) is 13.7 Å². The number of nitrogens with two attached hydrogens (primary N) is 1. The Balaban J connectivity index is 0.000000621. The molecule has 0 aromatic heterocycles. The van der Waals surface area contributed by atoms with Gasteiger partial charge in [-0.2, -0.15) is 0 Å². The van der Waals surface area contributed by atoms with E-state index in [1.807, 2.05) is 32.0 Å². The van der Waals surface area contributed by atoms with E-state index in [-0.39, 0.29) is 18.6 Å². The Hall–Kier alpha value is -2.08. The van der Waals surface area contributed by atoms with E-state index in [4.69, 9.17) is 5.11 Å². The molecule has 0 fully saturated rings. The molecule has 1 atom stereocenters. The number of carbonyl (C=O) groups is 2. The van der Waals surface area contributed by atoms with Crippen LogP contribution in [0.5, 0.6) is 0 Å². The van der Waals surface area contributed by atoms with Gasteiger partial charge in [0, 0.05) is 5.69 Å². The molecule has 0 aliphatic heterocycles. The third-order valence-electron chi connectivity index (χ3n) is 2.57. The van der Waals surface area contributed by atoms with Gasteiger partial charge in [-0.15, -0.1) is 0 Å². The largest absolute Gasteiger partial charge is 0.480 e. The zero-order valence-electron chi connectivity index (χ0n) is 12.3. The monoisotopic (exact) mass is 282 g/mol. The van der Waals surface area contributed by atoms with Crippen LogP contribution in [0.25, 0.3) is 0 Å². The number of para-hydroxylation sites is 1. The van der Waals surface area contributed by atoms with Crippen molar-refractivity contribution in [1.29, 1.82) is 0 Å². The van der Waals surface area contributed by atoms with Crippen LogP contribution in [-0.4, -0.2) is 36.7 Å². The molecule has 0 amide bonds. The molecule has 1 rings (SSSR count). The van der Waals surface area contributed by atoms with Gasteiger partial charge in [0.25, 0.3) is 0 Å². The summed E-state index contributed by atoms with van der Waals surface area (Å²) in [7, 11) is 1.39. The van der Waals surface area contributed by atoms with Gasteiger partial charge in [-0.25, -0.2) is 4.79 Å². The number of nitrogens with one attached hydrogen (secondary N) is 1. The molecule has 0 spiro atoms. The Morgan fingerprint density at radius 2 is 1.80 bits per heavy atom. The number of methoxy groups -OCH3 is 1. The number of esters is 1. The SMILES string of the molecule is COC(=O)[C@H](C)Nc1c(C)cccc1C.NCC(=O)O. The highest BCUT2D eigenvalue weighted by Crippen LogP contribution is 2.20. The van der Waals surface area contributed by atoms with Crippen LogP contribution in [0.4, 0.5) is 5.69 Å². The summed E-state index contributed by atoms with van der Waals surface area (Å²) >= 11 is 0. The standard InChI is InChI=1S/C12H17NO2.C2H5NO2/c1-8-6-5-7-9(2)11(8)13-10(3)12(14)15-4;3-1-2(4)5/h5-7,10,13H,1-4H3;1,3H2,(H,4,5)/t10-;/m0./s1. The molecule has 0 saturated carbocycles. The zero-order valence-corrected chi connectivity index (χ0v) is 12.3. The highest BCUT2D eigenvalue weighted by atomic mass is 16.5. The Bertz CT molecular complexity index is 440. The quantitative estimate of drug-likeness (QED) is 0.720. The molecule has 4 N–H and O–H groups in total. The molecule has 6 heteroatoms. The molecule has 0 heterocycles. The van der Waals surface area contributed by atoms with Crippen molar-refractivity contribution in [3.05, 3.63) is 29.3 Å². The van der Waals surface area contributed by atoms with Gasteiger partial charge in [0.2, 0.25) is 0 Å². The molecule has 0 aliphatic carbocycles. The van der Waals surface area contributed by atoms with Crippen molar-refractivity contribution >= 4 is 17.6 Å². The molecule has 112 valence electrons. The maximum absolute atomic E-state index is 11.3. The Morgan fingerprint density at radius 1 is 1.35 bits per heavy atom. The number of hydrogen-bond acceptors (Lipinski definition) is 5. The van der Waals surface area contributed by atoms with E-state index in [1.165, 1.54) is 7.11 Å². The Labute approximate surface area is 118 Å². The molecule has 0 aliphatic rings. The topological polar surface area (TPSA) is 102 Å². The number of anilines is 1. The molecule has 0 unspecified atom stereocenters. The minimum absolute atomic E-state index is 0.252. The van der Waals surface area contributed by atoms with Crippen LogP contribution < -0.4 is 11.1 Å². The van der Waals surface area contributed by atoms with E-state index in [0.29, 0.717) is 0 Å². The number of carboxylic acids is 1. The van der Waals surface area contributed by atoms with Crippen LogP contribution in [0.15, 0.2) is 18.2 Å². The number of ether oxygens (including phenoxy) is 1. The van der Waals surface area contributed by atoms with E-state index in [9.17, 15) is 9.59 Å². The van der Waals surface area contributed by atoms with Crippen LogP contribution in [0.2, 0.25) is 0 Å². The second-order valence-electron chi connectivity index (χ2n) is 4.25. The van der Waals surface area contributed by atoms with Gasteiger partial charge >= 0.3 is 11.9 Å². The van der Waals surface area contributed by atoms with Crippen LogP contribution in [0.3, 0.4) is 0 Å². The summed E-state index contributed by atoms with van der Waals surface area (Å²) in [6.07, 6.45) is 0. The Kier molecular flexibility index (Phi) is 8.00. The lowest BCUT2D eigenvalue weighted by Gasteiger charge is -2.16. The predicted octanol–water partition coefficient (Wildman–Crippen LogP) is 1.31. The first-order chi connectivity index (χ1) is 9.33. The van der Waals surface area contributed by atoms with Crippen LogP contribution in [0.1, 0.15) is 18.1 Å². The molecule has 1 aromatic carbocycles. The highest BCUT2D eigenvalue weighted by Gasteiger charge is 2.14. The van der Waals surface area contributed by atoms with Crippen molar-refractivity contribution in [1.82, 2.24) is 0 Å². The van der Waals surface area contributed by atoms with Gasteiger partial charge in [-0.3, -0.25) is 4.79 Å². The molecule has 6 nitrogen and oxygen atoms in total. The zero-order chi connectivity index (χ0) is 15.7. The van der Waals surface area contributed by atoms with E-state index in [2.05, 4.69) is 15.8 Å². The van der Waals surface area contributed by atoms with E-state index in [0.717, 1.165) is 16.8 Å². The maximum atomic E-state index is 11.3. The fraction of sp³-hybridized carbons (Fsp3) is 0.429. The smallest absolute Gasteiger partial charge is 0.327 e. The van der Waals surface area contributed by atoms with E-state index in [1.54, 1.807) is 6.92 Å². The second-order valence-corrected chi connectivity index (χ2v) is 4.25. The van der Waals surface area contributed by atoms with Crippen molar-refractivity contribution < 1.29 is 19.4 Å². The molecule has 0 bridgehead atoms. The van der Waals surface area contributed by atoms with Crippen LogP contribution in [-0.2, 0) is 14.3 Å². The first-order valence-corrected chi connectivity index (χ1v) is 6.15. The average molecular weight is 282 g/mol. The van der Waals surface area contributed by atoms with Gasteiger partial charge in [-0.05, 0) is 31.9 Å². The number of aliphatic carboxylic acids is 1. The average Bonchev–Trinajstić information content (AvgIpc) is 2.42. The number of hydrogen-bond donors (Lipinski definition) is 3. The highest BCUT2D eigenvalue weighted by molar-refractivity contribution is 5.79. The van der Waals surface area contributed by atoms with Crippen molar-refractivity contribution in [2.24, 2.45) is 5.73 Å². The number of carbonyl (C=O) groups excluding carboxylic acids is 1. The molecule has 0 radical (unpaired) electrons. The number of aryl methyl sites for hydroxylation is 2. The van der Waals surface area contributed by atoms with Crippen molar-refractivity contribution in [2.75, 3.05) is 19.0 Å². The first-order valence-electron chi connectivity index (χ1n) is 6.15.